The predicted octanol–water partition coefficient (Wildman–Crippen LogP) is 4.23. The zero-order valence-electron chi connectivity index (χ0n) is 10.6. The zero-order chi connectivity index (χ0) is 13.8. The Morgan fingerprint density at radius 1 is 1.16 bits per heavy atom. The van der Waals surface area contributed by atoms with Crippen LogP contribution in [-0.4, -0.2) is 11.1 Å². The molecule has 0 aliphatic rings. The van der Waals surface area contributed by atoms with E-state index in [-0.39, 0.29) is 0 Å². The highest BCUT2D eigenvalue weighted by Crippen LogP contribution is 2.20. The number of halogens is 1. The minimum Gasteiger partial charge on any atom is -0.481 e. The van der Waals surface area contributed by atoms with Crippen LogP contribution in [0, 0.1) is 0 Å². The summed E-state index contributed by atoms with van der Waals surface area (Å²) in [6.07, 6.45) is 0.805. The van der Waals surface area contributed by atoms with E-state index in [9.17, 15) is 4.79 Å². The standard InChI is InChI=1S/C16H15BrO2/c1-11(16(18)19)14-6-2-4-12(9-14)8-13-5-3-7-15(17)10-13/h2-7,9-11H,8H2,1H3,(H,18,19). The fourth-order valence-electron chi connectivity index (χ4n) is 2.00. The van der Waals surface area contributed by atoms with Crippen LogP contribution in [0.3, 0.4) is 0 Å². The monoisotopic (exact) mass is 318 g/mol. The molecule has 0 amide bonds. The Labute approximate surface area is 121 Å². The zero-order valence-corrected chi connectivity index (χ0v) is 12.2. The van der Waals surface area contributed by atoms with E-state index in [2.05, 4.69) is 28.1 Å². The van der Waals surface area contributed by atoms with Gasteiger partial charge in [0.2, 0.25) is 0 Å². The largest absolute Gasteiger partial charge is 0.481 e. The van der Waals surface area contributed by atoms with Crippen molar-refractivity contribution in [2.45, 2.75) is 19.3 Å². The van der Waals surface area contributed by atoms with Crippen molar-refractivity contribution in [2.24, 2.45) is 0 Å². The fourth-order valence-corrected chi connectivity index (χ4v) is 2.44. The van der Waals surface area contributed by atoms with Gasteiger partial charge in [0.1, 0.15) is 0 Å². The minimum atomic E-state index is -0.792. The quantitative estimate of drug-likeness (QED) is 0.916. The Bertz CT molecular complexity index is 593. The molecular formula is C16H15BrO2. The van der Waals surface area contributed by atoms with Crippen molar-refractivity contribution in [1.82, 2.24) is 0 Å². The number of carboxylic acid groups (broad SMARTS) is 1. The first-order valence-electron chi connectivity index (χ1n) is 6.12. The minimum absolute atomic E-state index is 0.470. The second-order valence-corrected chi connectivity index (χ2v) is 5.53. The third-order valence-electron chi connectivity index (χ3n) is 3.12. The molecule has 0 aliphatic carbocycles. The molecule has 98 valence electrons. The topological polar surface area (TPSA) is 37.3 Å². The molecule has 0 spiro atoms. The maximum atomic E-state index is 11.0. The molecule has 2 aromatic carbocycles. The molecule has 1 N–H and O–H groups in total. The summed E-state index contributed by atoms with van der Waals surface area (Å²) < 4.78 is 1.06. The smallest absolute Gasteiger partial charge is 0.310 e. The molecule has 0 fully saturated rings. The summed E-state index contributed by atoms with van der Waals surface area (Å²) in [4.78, 5) is 11.0. The van der Waals surface area contributed by atoms with Crippen LogP contribution < -0.4 is 0 Å². The predicted molar refractivity (Wildman–Crippen MR) is 79.4 cm³/mol. The fraction of sp³-hybridized carbons (Fsp3) is 0.188. The molecule has 2 aromatic rings. The van der Waals surface area contributed by atoms with Gasteiger partial charge in [-0.2, -0.15) is 0 Å². The van der Waals surface area contributed by atoms with Gasteiger partial charge in [0.25, 0.3) is 0 Å². The Balaban J connectivity index is 2.22. The molecule has 19 heavy (non-hydrogen) atoms. The van der Waals surface area contributed by atoms with Gasteiger partial charge in [0.15, 0.2) is 0 Å². The highest BCUT2D eigenvalue weighted by atomic mass is 79.9. The van der Waals surface area contributed by atoms with Crippen LogP contribution in [0.4, 0.5) is 0 Å². The lowest BCUT2D eigenvalue weighted by Crippen LogP contribution is -2.07. The van der Waals surface area contributed by atoms with Gasteiger partial charge in [-0.3, -0.25) is 4.79 Å². The number of benzene rings is 2. The lowest BCUT2D eigenvalue weighted by molar-refractivity contribution is -0.138. The van der Waals surface area contributed by atoms with Crippen molar-refractivity contribution >= 4 is 21.9 Å². The van der Waals surface area contributed by atoms with Gasteiger partial charge in [-0.25, -0.2) is 0 Å². The molecule has 3 heteroatoms. The van der Waals surface area contributed by atoms with E-state index in [4.69, 9.17) is 5.11 Å². The van der Waals surface area contributed by atoms with Crippen molar-refractivity contribution in [3.8, 4) is 0 Å². The van der Waals surface area contributed by atoms with E-state index in [1.54, 1.807) is 6.92 Å². The number of hydrogen-bond donors (Lipinski definition) is 1. The summed E-state index contributed by atoms with van der Waals surface area (Å²) in [5.41, 5.74) is 3.18. The Morgan fingerprint density at radius 2 is 1.79 bits per heavy atom. The summed E-state index contributed by atoms with van der Waals surface area (Å²) >= 11 is 3.45. The third-order valence-corrected chi connectivity index (χ3v) is 3.61. The van der Waals surface area contributed by atoms with Crippen LogP contribution in [-0.2, 0) is 11.2 Å². The summed E-state index contributed by atoms with van der Waals surface area (Å²) in [5, 5.41) is 9.05. The molecule has 0 bridgehead atoms. The van der Waals surface area contributed by atoms with Gasteiger partial charge in [-0.1, -0.05) is 52.3 Å². The van der Waals surface area contributed by atoms with Crippen molar-refractivity contribution in [3.63, 3.8) is 0 Å². The maximum absolute atomic E-state index is 11.0. The molecule has 0 saturated heterocycles. The average Bonchev–Trinajstić information content (AvgIpc) is 2.38. The second-order valence-electron chi connectivity index (χ2n) is 4.61. The highest BCUT2D eigenvalue weighted by molar-refractivity contribution is 9.10. The first kappa shape index (κ1) is 13.8. The van der Waals surface area contributed by atoms with E-state index >= 15 is 0 Å². The Hall–Kier alpha value is -1.61. The van der Waals surface area contributed by atoms with E-state index in [0.29, 0.717) is 0 Å². The van der Waals surface area contributed by atoms with Crippen molar-refractivity contribution in [3.05, 3.63) is 69.7 Å². The normalized spacial score (nSPS) is 12.1. The van der Waals surface area contributed by atoms with Gasteiger partial charge >= 0.3 is 5.97 Å². The van der Waals surface area contributed by atoms with E-state index < -0.39 is 11.9 Å². The van der Waals surface area contributed by atoms with Gasteiger partial charge in [-0.05, 0) is 42.2 Å². The summed E-state index contributed by atoms with van der Waals surface area (Å²) in [7, 11) is 0. The molecule has 0 aromatic heterocycles. The Kier molecular flexibility index (Phi) is 4.38. The van der Waals surface area contributed by atoms with Gasteiger partial charge in [0.05, 0.1) is 5.92 Å². The van der Waals surface area contributed by atoms with Crippen molar-refractivity contribution in [2.75, 3.05) is 0 Å². The molecule has 2 nitrogen and oxygen atoms in total. The van der Waals surface area contributed by atoms with Crippen molar-refractivity contribution in [1.29, 1.82) is 0 Å². The van der Waals surface area contributed by atoms with Crippen LogP contribution >= 0.6 is 15.9 Å². The summed E-state index contributed by atoms with van der Waals surface area (Å²) in [6.45, 7) is 1.71. The Morgan fingerprint density at radius 3 is 2.42 bits per heavy atom. The molecule has 0 aliphatic heterocycles. The number of rotatable bonds is 4. The first-order valence-corrected chi connectivity index (χ1v) is 6.91. The number of aliphatic carboxylic acids is 1. The van der Waals surface area contributed by atoms with E-state index in [1.165, 1.54) is 5.56 Å². The molecule has 1 atom stereocenters. The first-order chi connectivity index (χ1) is 9.06. The number of hydrogen-bond acceptors (Lipinski definition) is 1. The van der Waals surface area contributed by atoms with Gasteiger partial charge in [0, 0.05) is 4.47 Å². The molecule has 0 saturated carbocycles. The summed E-state index contributed by atoms with van der Waals surface area (Å²) in [6, 6.07) is 15.9. The van der Waals surface area contributed by atoms with E-state index in [1.807, 2.05) is 36.4 Å². The average molecular weight is 319 g/mol. The van der Waals surface area contributed by atoms with Gasteiger partial charge < -0.3 is 5.11 Å². The van der Waals surface area contributed by atoms with Crippen molar-refractivity contribution < 1.29 is 9.90 Å². The van der Waals surface area contributed by atoms with Crippen LogP contribution in [0.15, 0.2) is 53.0 Å². The molecule has 2 rings (SSSR count). The van der Waals surface area contributed by atoms with E-state index in [0.717, 1.165) is 22.0 Å². The number of carbonyl (C=O) groups is 1. The molecular weight excluding hydrogens is 304 g/mol. The highest BCUT2D eigenvalue weighted by Gasteiger charge is 2.13. The number of carboxylic acids is 1. The lowest BCUT2D eigenvalue weighted by atomic mass is 9.96. The van der Waals surface area contributed by atoms with Crippen LogP contribution in [0.25, 0.3) is 0 Å². The molecule has 1 unspecified atom stereocenters. The second kappa shape index (κ2) is 6.02. The van der Waals surface area contributed by atoms with Crippen LogP contribution in [0.2, 0.25) is 0 Å². The van der Waals surface area contributed by atoms with Crippen LogP contribution in [0.1, 0.15) is 29.5 Å². The maximum Gasteiger partial charge on any atom is 0.310 e. The summed E-state index contributed by atoms with van der Waals surface area (Å²) in [5.74, 6) is -1.26. The van der Waals surface area contributed by atoms with Crippen LogP contribution in [0.5, 0.6) is 0 Å². The third kappa shape index (κ3) is 3.67. The molecule has 0 heterocycles. The SMILES string of the molecule is CC(C(=O)O)c1cccc(Cc2cccc(Br)c2)c1. The molecule has 0 radical (unpaired) electrons. The van der Waals surface area contributed by atoms with Gasteiger partial charge in [-0.15, -0.1) is 0 Å². The lowest BCUT2D eigenvalue weighted by Gasteiger charge is -2.09.